The molecule has 4 nitrogen and oxygen atoms in total. The maximum atomic E-state index is 12.9. The normalized spacial score (nSPS) is 15.6. The number of carbonyl (C=O) groups is 1. The van der Waals surface area contributed by atoms with E-state index in [2.05, 4.69) is 66.3 Å². The highest BCUT2D eigenvalue weighted by molar-refractivity contribution is 5.86. The fraction of sp³-hybridized carbons (Fsp3) is 0.483. The molecule has 176 valence electrons. The Balaban J connectivity index is 1.66. The summed E-state index contributed by atoms with van der Waals surface area (Å²) in [5.74, 6) is 2.37. The minimum absolute atomic E-state index is 0.186. The summed E-state index contributed by atoms with van der Waals surface area (Å²) in [4.78, 5) is 12.9. The van der Waals surface area contributed by atoms with Crippen LogP contribution in [-0.4, -0.2) is 24.1 Å². The molecule has 3 aromatic rings. The van der Waals surface area contributed by atoms with Crippen molar-refractivity contribution in [3.05, 3.63) is 65.9 Å². The Labute approximate surface area is 198 Å². The Bertz CT molecular complexity index is 1050. The van der Waals surface area contributed by atoms with E-state index in [0.29, 0.717) is 18.3 Å². The van der Waals surface area contributed by atoms with Crippen molar-refractivity contribution >= 4 is 16.8 Å². The first kappa shape index (κ1) is 23.4. The Morgan fingerprint density at radius 1 is 1.06 bits per heavy atom. The molecule has 0 radical (unpaired) electrons. The second-order valence-electron chi connectivity index (χ2n) is 9.98. The van der Waals surface area contributed by atoms with E-state index in [1.165, 1.54) is 54.1 Å². The Morgan fingerprint density at radius 3 is 2.48 bits per heavy atom. The first-order valence-electron chi connectivity index (χ1n) is 12.5. The molecule has 4 rings (SSSR count). The topological polar surface area (TPSA) is 43.3 Å². The zero-order chi connectivity index (χ0) is 23.2. The van der Waals surface area contributed by atoms with Crippen molar-refractivity contribution in [2.75, 3.05) is 13.7 Å². The molecule has 2 aromatic carbocycles. The van der Waals surface area contributed by atoms with E-state index in [-0.39, 0.29) is 11.8 Å². The maximum Gasteiger partial charge on any atom is 0.220 e. The number of hydrogen-bond acceptors (Lipinski definition) is 2. The second kappa shape index (κ2) is 10.9. The standard InChI is InChI=1S/C29H38N2O2/c1-21(2)18-30-29(32)17-26(23-9-5-4-6-10-23)27-20-31(28-12-8-7-11-25(27)28)19-22-13-15-24(33-3)16-14-22/h7-8,11-16,20-21,23,26H,4-6,9-10,17-19H2,1-3H3,(H,30,32)/t26-/m0/s1. The fourth-order valence-electron chi connectivity index (χ4n) is 5.29. The minimum Gasteiger partial charge on any atom is -0.497 e. The van der Waals surface area contributed by atoms with Crippen LogP contribution < -0.4 is 10.1 Å². The van der Waals surface area contributed by atoms with Crippen molar-refractivity contribution in [2.45, 2.75) is 64.8 Å². The highest BCUT2D eigenvalue weighted by Gasteiger charge is 2.29. The summed E-state index contributed by atoms with van der Waals surface area (Å²) in [6.45, 7) is 5.84. The molecule has 0 bridgehead atoms. The molecule has 1 aromatic heterocycles. The number of carbonyl (C=O) groups excluding carboxylic acids is 1. The molecule has 1 atom stereocenters. The molecule has 33 heavy (non-hydrogen) atoms. The van der Waals surface area contributed by atoms with Crippen LogP contribution in [0.2, 0.25) is 0 Å². The van der Waals surface area contributed by atoms with Gasteiger partial charge in [0.15, 0.2) is 0 Å². The largest absolute Gasteiger partial charge is 0.497 e. The number of nitrogens with one attached hydrogen (secondary N) is 1. The molecular weight excluding hydrogens is 408 g/mol. The summed E-state index contributed by atoms with van der Waals surface area (Å²) < 4.78 is 7.67. The van der Waals surface area contributed by atoms with Gasteiger partial charge in [-0.3, -0.25) is 4.79 Å². The van der Waals surface area contributed by atoms with Gasteiger partial charge in [0.1, 0.15) is 5.75 Å². The molecule has 4 heteroatoms. The van der Waals surface area contributed by atoms with Gasteiger partial charge in [-0.25, -0.2) is 0 Å². The van der Waals surface area contributed by atoms with Crippen molar-refractivity contribution in [3.8, 4) is 5.75 Å². The van der Waals surface area contributed by atoms with Crippen molar-refractivity contribution in [1.82, 2.24) is 9.88 Å². The first-order valence-corrected chi connectivity index (χ1v) is 12.5. The van der Waals surface area contributed by atoms with Gasteiger partial charge in [-0.15, -0.1) is 0 Å². The van der Waals surface area contributed by atoms with Crippen LogP contribution in [0.4, 0.5) is 0 Å². The molecule has 0 aliphatic heterocycles. The minimum atomic E-state index is 0.186. The van der Waals surface area contributed by atoms with E-state index in [1.807, 2.05) is 12.1 Å². The van der Waals surface area contributed by atoms with Gasteiger partial charge in [-0.1, -0.05) is 63.4 Å². The molecule has 1 aliphatic carbocycles. The summed E-state index contributed by atoms with van der Waals surface area (Å²) in [5, 5.41) is 4.46. The van der Waals surface area contributed by atoms with Crippen LogP contribution in [0.25, 0.3) is 10.9 Å². The van der Waals surface area contributed by atoms with Gasteiger partial charge < -0.3 is 14.6 Å². The molecule has 1 N–H and O–H groups in total. The Morgan fingerprint density at radius 2 is 1.79 bits per heavy atom. The number of nitrogens with zero attached hydrogens (tertiary/aromatic N) is 1. The number of fused-ring (bicyclic) bond motifs is 1. The van der Waals surface area contributed by atoms with Crippen molar-refractivity contribution in [3.63, 3.8) is 0 Å². The van der Waals surface area contributed by atoms with Crippen LogP contribution in [0.3, 0.4) is 0 Å². The van der Waals surface area contributed by atoms with Crippen LogP contribution in [0.5, 0.6) is 5.75 Å². The second-order valence-corrected chi connectivity index (χ2v) is 9.98. The van der Waals surface area contributed by atoms with Gasteiger partial charge in [-0.2, -0.15) is 0 Å². The summed E-state index contributed by atoms with van der Waals surface area (Å²) in [5.41, 5.74) is 3.82. The number of hydrogen-bond donors (Lipinski definition) is 1. The van der Waals surface area contributed by atoms with Crippen LogP contribution >= 0.6 is 0 Å². The first-order chi connectivity index (χ1) is 16.0. The number of ether oxygens (including phenoxy) is 1. The lowest BCUT2D eigenvalue weighted by atomic mass is 9.75. The predicted octanol–water partition coefficient (Wildman–Crippen LogP) is 6.52. The monoisotopic (exact) mass is 446 g/mol. The number of benzene rings is 2. The van der Waals surface area contributed by atoms with E-state index in [9.17, 15) is 4.79 Å². The third-order valence-corrected chi connectivity index (χ3v) is 7.06. The van der Waals surface area contributed by atoms with Gasteiger partial charge in [0.05, 0.1) is 7.11 Å². The van der Waals surface area contributed by atoms with E-state index in [0.717, 1.165) is 18.8 Å². The zero-order valence-corrected chi connectivity index (χ0v) is 20.3. The fourth-order valence-corrected chi connectivity index (χ4v) is 5.29. The molecular formula is C29H38N2O2. The van der Waals surface area contributed by atoms with Gasteiger partial charge in [0, 0.05) is 36.6 Å². The summed E-state index contributed by atoms with van der Waals surface area (Å²) >= 11 is 0. The van der Waals surface area contributed by atoms with E-state index in [4.69, 9.17) is 4.74 Å². The highest BCUT2D eigenvalue weighted by atomic mass is 16.5. The lowest BCUT2D eigenvalue weighted by Gasteiger charge is -2.30. The van der Waals surface area contributed by atoms with Crippen molar-refractivity contribution in [2.24, 2.45) is 11.8 Å². The average Bonchev–Trinajstić information content (AvgIpc) is 3.20. The Hall–Kier alpha value is -2.75. The third kappa shape index (κ3) is 5.79. The summed E-state index contributed by atoms with van der Waals surface area (Å²) in [6.07, 6.45) is 9.22. The van der Waals surface area contributed by atoms with Gasteiger partial charge in [0.25, 0.3) is 0 Å². The van der Waals surface area contributed by atoms with Crippen molar-refractivity contribution < 1.29 is 9.53 Å². The van der Waals surface area contributed by atoms with Gasteiger partial charge in [-0.05, 0) is 59.9 Å². The summed E-state index contributed by atoms with van der Waals surface area (Å²) in [6, 6.07) is 17.0. The number of aromatic nitrogens is 1. The number of rotatable bonds is 9. The van der Waals surface area contributed by atoms with Crippen LogP contribution in [0.15, 0.2) is 54.7 Å². The average molecular weight is 447 g/mol. The third-order valence-electron chi connectivity index (χ3n) is 7.06. The van der Waals surface area contributed by atoms with Gasteiger partial charge in [0.2, 0.25) is 5.91 Å². The van der Waals surface area contributed by atoms with Crippen LogP contribution in [0, 0.1) is 11.8 Å². The predicted molar refractivity (Wildman–Crippen MR) is 136 cm³/mol. The quantitative estimate of drug-likeness (QED) is 0.406. The molecule has 1 saturated carbocycles. The number of amides is 1. The lowest BCUT2D eigenvalue weighted by Crippen LogP contribution is -2.30. The molecule has 1 aliphatic rings. The molecule has 0 saturated heterocycles. The number of para-hydroxylation sites is 1. The molecule has 1 heterocycles. The molecule has 1 fully saturated rings. The van der Waals surface area contributed by atoms with E-state index < -0.39 is 0 Å². The van der Waals surface area contributed by atoms with E-state index >= 15 is 0 Å². The maximum absolute atomic E-state index is 12.9. The lowest BCUT2D eigenvalue weighted by molar-refractivity contribution is -0.122. The summed E-state index contributed by atoms with van der Waals surface area (Å²) in [7, 11) is 1.70. The molecule has 1 amide bonds. The van der Waals surface area contributed by atoms with Gasteiger partial charge >= 0.3 is 0 Å². The SMILES string of the molecule is COc1ccc(Cn2cc([C@@H](CC(=O)NCC(C)C)C3CCCCC3)c3ccccc32)cc1. The van der Waals surface area contributed by atoms with E-state index in [1.54, 1.807) is 7.11 Å². The number of methoxy groups -OCH3 is 1. The smallest absolute Gasteiger partial charge is 0.220 e. The molecule has 0 unspecified atom stereocenters. The molecule has 0 spiro atoms. The van der Waals surface area contributed by atoms with Crippen molar-refractivity contribution in [1.29, 1.82) is 0 Å². The Kier molecular flexibility index (Phi) is 7.74. The zero-order valence-electron chi connectivity index (χ0n) is 20.3. The highest BCUT2D eigenvalue weighted by Crippen LogP contribution is 2.41. The van der Waals surface area contributed by atoms with Crippen LogP contribution in [-0.2, 0) is 11.3 Å². The van der Waals surface area contributed by atoms with Crippen LogP contribution in [0.1, 0.15) is 69.4 Å².